The largest absolute Gasteiger partial charge is 0.348 e. The lowest BCUT2D eigenvalue weighted by Gasteiger charge is -2.07. The van der Waals surface area contributed by atoms with Crippen molar-refractivity contribution in [1.29, 1.82) is 0 Å². The number of nitrogens with one attached hydrogen (secondary N) is 2. The quantitative estimate of drug-likeness (QED) is 0.766. The number of amides is 1. The maximum Gasteiger partial charge on any atom is 0.253 e. The van der Waals surface area contributed by atoms with Gasteiger partial charge in [0.05, 0.1) is 16.0 Å². The Balaban J connectivity index is 1.85. The Hall–Kier alpha value is -2.54. The number of benzene rings is 1. The molecule has 0 spiro atoms. The van der Waals surface area contributed by atoms with E-state index in [0.717, 1.165) is 0 Å². The lowest BCUT2D eigenvalue weighted by atomic mass is 10.1. The molecule has 23 heavy (non-hydrogen) atoms. The Bertz CT molecular complexity index is 887. The average Bonchev–Trinajstić information content (AvgIpc) is 2.91. The van der Waals surface area contributed by atoms with E-state index in [1.54, 1.807) is 0 Å². The fourth-order valence-corrected chi connectivity index (χ4v) is 2.45. The van der Waals surface area contributed by atoms with E-state index in [0.29, 0.717) is 28.2 Å². The first-order valence-corrected chi connectivity index (χ1v) is 6.88. The first-order valence-electron chi connectivity index (χ1n) is 6.50. The second-order valence-electron chi connectivity index (χ2n) is 4.75. The Morgan fingerprint density at radius 2 is 1.96 bits per heavy atom. The minimum atomic E-state index is -1.07. The number of halogens is 4. The summed E-state index contributed by atoms with van der Waals surface area (Å²) in [6, 6.07) is 2.63. The minimum absolute atomic E-state index is 0.195. The van der Waals surface area contributed by atoms with Gasteiger partial charge in [0.2, 0.25) is 0 Å². The predicted octanol–water partition coefficient (Wildman–Crippen LogP) is 3.56. The zero-order chi connectivity index (χ0) is 16.6. The highest BCUT2D eigenvalue weighted by Crippen LogP contribution is 2.25. The molecule has 0 bridgehead atoms. The number of nitrogens with zero attached hydrogens (tertiary/aromatic N) is 1. The summed E-state index contributed by atoms with van der Waals surface area (Å²) in [6.07, 6.45) is 2.88. The summed E-state index contributed by atoms with van der Waals surface area (Å²) in [5, 5.41) is 3.10. The fraction of sp³-hybridized carbons (Fsp3) is 0.0667. The van der Waals surface area contributed by atoms with E-state index in [4.69, 9.17) is 11.6 Å². The van der Waals surface area contributed by atoms with Crippen LogP contribution in [0.5, 0.6) is 0 Å². The van der Waals surface area contributed by atoms with Gasteiger partial charge in [-0.25, -0.2) is 18.2 Å². The molecule has 0 aliphatic rings. The smallest absolute Gasteiger partial charge is 0.253 e. The zero-order valence-electron chi connectivity index (χ0n) is 11.5. The van der Waals surface area contributed by atoms with Crippen LogP contribution in [0.1, 0.15) is 15.9 Å². The van der Waals surface area contributed by atoms with Gasteiger partial charge < -0.3 is 10.3 Å². The van der Waals surface area contributed by atoms with Crippen LogP contribution in [-0.2, 0) is 6.54 Å². The lowest BCUT2D eigenvalue weighted by Crippen LogP contribution is -2.24. The summed E-state index contributed by atoms with van der Waals surface area (Å²) in [6.45, 7) is -0.429. The van der Waals surface area contributed by atoms with Crippen molar-refractivity contribution in [3.63, 3.8) is 0 Å². The van der Waals surface area contributed by atoms with Crippen molar-refractivity contribution in [2.24, 2.45) is 0 Å². The summed E-state index contributed by atoms with van der Waals surface area (Å²) >= 11 is 6.03. The van der Waals surface area contributed by atoms with Crippen LogP contribution < -0.4 is 5.32 Å². The van der Waals surface area contributed by atoms with Gasteiger partial charge in [-0.05, 0) is 6.07 Å². The molecule has 0 radical (unpaired) electrons. The van der Waals surface area contributed by atoms with Gasteiger partial charge >= 0.3 is 0 Å². The van der Waals surface area contributed by atoms with Gasteiger partial charge in [0, 0.05) is 36.6 Å². The molecular formula is C15H9ClF3N3O. The monoisotopic (exact) mass is 339 g/mol. The molecule has 2 N–H and O–H groups in total. The highest BCUT2D eigenvalue weighted by Gasteiger charge is 2.17. The van der Waals surface area contributed by atoms with E-state index >= 15 is 0 Å². The number of fused-ring (bicyclic) bond motifs is 1. The van der Waals surface area contributed by atoms with Crippen molar-refractivity contribution in [3.8, 4) is 0 Å². The van der Waals surface area contributed by atoms with E-state index in [2.05, 4.69) is 15.3 Å². The number of rotatable bonds is 3. The number of hydrogen-bond donors (Lipinski definition) is 2. The molecule has 0 unspecified atom stereocenters. The summed E-state index contributed by atoms with van der Waals surface area (Å²) < 4.78 is 40.0. The fourth-order valence-electron chi connectivity index (χ4n) is 2.20. The molecule has 3 rings (SSSR count). The number of hydrogen-bond acceptors (Lipinski definition) is 2. The second-order valence-corrected chi connectivity index (χ2v) is 5.16. The number of carbonyl (C=O) groups excluding carboxylic acids is 1. The molecule has 8 heteroatoms. The molecule has 1 aromatic carbocycles. The molecule has 0 fully saturated rings. The van der Waals surface area contributed by atoms with Crippen molar-refractivity contribution in [3.05, 3.63) is 64.2 Å². The Labute approximate surface area is 133 Å². The SMILES string of the molecule is O=C(NCc1c(F)cc(F)cc1F)c1c[nH]c2nccc(Cl)c12. The van der Waals surface area contributed by atoms with E-state index in [-0.39, 0.29) is 5.56 Å². The molecule has 0 atom stereocenters. The maximum absolute atomic E-state index is 13.6. The average molecular weight is 340 g/mol. The van der Waals surface area contributed by atoms with Crippen LogP contribution in [0.2, 0.25) is 5.02 Å². The molecule has 118 valence electrons. The van der Waals surface area contributed by atoms with Gasteiger partial charge in [0.25, 0.3) is 5.91 Å². The minimum Gasteiger partial charge on any atom is -0.348 e. The van der Waals surface area contributed by atoms with Gasteiger partial charge in [0.1, 0.15) is 23.1 Å². The van der Waals surface area contributed by atoms with Gasteiger partial charge in [-0.3, -0.25) is 4.79 Å². The van der Waals surface area contributed by atoms with Crippen LogP contribution in [-0.4, -0.2) is 15.9 Å². The molecule has 4 nitrogen and oxygen atoms in total. The van der Waals surface area contributed by atoms with Crippen molar-refractivity contribution in [2.45, 2.75) is 6.54 Å². The summed E-state index contributed by atoms with van der Waals surface area (Å²) in [5.41, 5.74) is 0.187. The van der Waals surface area contributed by atoms with E-state index < -0.39 is 35.5 Å². The number of aromatic amines is 1. The van der Waals surface area contributed by atoms with E-state index in [1.165, 1.54) is 18.5 Å². The molecule has 1 amide bonds. The summed E-state index contributed by atoms with van der Waals surface area (Å²) in [7, 11) is 0. The van der Waals surface area contributed by atoms with Gasteiger partial charge in [-0.1, -0.05) is 11.6 Å². The predicted molar refractivity (Wildman–Crippen MR) is 78.6 cm³/mol. The Kier molecular flexibility index (Phi) is 3.96. The van der Waals surface area contributed by atoms with Crippen LogP contribution in [0.15, 0.2) is 30.6 Å². The first kappa shape index (κ1) is 15.4. The second kappa shape index (κ2) is 5.92. The van der Waals surface area contributed by atoms with Crippen LogP contribution in [0.3, 0.4) is 0 Å². The molecule has 0 aliphatic carbocycles. The molecule has 2 heterocycles. The normalized spacial score (nSPS) is 11.0. The number of aromatic nitrogens is 2. The van der Waals surface area contributed by atoms with Gasteiger partial charge in [-0.15, -0.1) is 0 Å². The van der Waals surface area contributed by atoms with Crippen molar-refractivity contribution < 1.29 is 18.0 Å². The third-order valence-corrected chi connectivity index (χ3v) is 3.61. The highest BCUT2D eigenvalue weighted by atomic mass is 35.5. The molecule has 0 aliphatic heterocycles. The third kappa shape index (κ3) is 2.87. The van der Waals surface area contributed by atoms with Gasteiger partial charge in [0.15, 0.2) is 0 Å². The van der Waals surface area contributed by atoms with Crippen LogP contribution in [0.25, 0.3) is 11.0 Å². The lowest BCUT2D eigenvalue weighted by molar-refractivity contribution is 0.0952. The summed E-state index contributed by atoms with van der Waals surface area (Å²) in [4.78, 5) is 19.0. The molecule has 3 aromatic rings. The molecule has 2 aromatic heterocycles. The van der Waals surface area contributed by atoms with E-state index in [9.17, 15) is 18.0 Å². The van der Waals surface area contributed by atoms with Crippen molar-refractivity contribution >= 4 is 28.5 Å². The molecule has 0 saturated carbocycles. The zero-order valence-corrected chi connectivity index (χ0v) is 12.2. The standard InChI is InChI=1S/C15H9ClF3N3O/c16-10-1-2-20-14-13(10)9(6-21-14)15(23)22-5-8-11(18)3-7(17)4-12(8)19/h1-4,6H,5H2,(H,20,21)(H,22,23). The molecular weight excluding hydrogens is 331 g/mol. The Morgan fingerprint density at radius 1 is 1.26 bits per heavy atom. The van der Waals surface area contributed by atoms with Crippen LogP contribution >= 0.6 is 11.6 Å². The van der Waals surface area contributed by atoms with Crippen LogP contribution in [0.4, 0.5) is 13.2 Å². The number of carbonyl (C=O) groups is 1. The first-order chi connectivity index (χ1) is 11.0. The maximum atomic E-state index is 13.6. The van der Waals surface area contributed by atoms with Crippen LogP contribution in [0, 0.1) is 17.5 Å². The number of H-pyrrole nitrogens is 1. The number of pyridine rings is 1. The Morgan fingerprint density at radius 3 is 2.65 bits per heavy atom. The van der Waals surface area contributed by atoms with E-state index in [1.807, 2.05) is 0 Å². The van der Waals surface area contributed by atoms with Crippen molar-refractivity contribution in [2.75, 3.05) is 0 Å². The topological polar surface area (TPSA) is 57.8 Å². The summed E-state index contributed by atoms with van der Waals surface area (Å²) in [5.74, 6) is -3.75. The molecule has 0 saturated heterocycles. The van der Waals surface area contributed by atoms with Crippen molar-refractivity contribution in [1.82, 2.24) is 15.3 Å². The highest BCUT2D eigenvalue weighted by molar-refractivity contribution is 6.36. The third-order valence-electron chi connectivity index (χ3n) is 3.30. The van der Waals surface area contributed by atoms with Gasteiger partial charge in [-0.2, -0.15) is 0 Å².